The van der Waals surface area contributed by atoms with Crippen LogP contribution in [0, 0.1) is 0 Å². The summed E-state index contributed by atoms with van der Waals surface area (Å²) in [7, 11) is 1.68. The second-order valence-corrected chi connectivity index (χ2v) is 4.36. The van der Waals surface area contributed by atoms with Gasteiger partial charge in [0.15, 0.2) is 0 Å². The zero-order valence-electron chi connectivity index (χ0n) is 10.1. The minimum Gasteiger partial charge on any atom is -0.473 e. The van der Waals surface area contributed by atoms with Crippen molar-refractivity contribution in [3.8, 4) is 5.88 Å². The monoisotopic (exact) mass is 261 g/mol. The lowest BCUT2D eigenvalue weighted by Gasteiger charge is -2.16. The van der Waals surface area contributed by atoms with E-state index in [9.17, 15) is 5.11 Å². The Hall–Kier alpha value is -0.760. The number of aliphatic hydroxyl groups is 1. The van der Waals surface area contributed by atoms with Gasteiger partial charge in [-0.3, -0.25) is 0 Å². The van der Waals surface area contributed by atoms with E-state index in [2.05, 4.69) is 21.0 Å². The molecule has 2 atom stereocenters. The van der Waals surface area contributed by atoms with E-state index in [1.54, 1.807) is 7.11 Å². The van der Waals surface area contributed by atoms with Crippen molar-refractivity contribution in [3.05, 3.63) is 6.20 Å². The second-order valence-electron chi connectivity index (χ2n) is 3.80. The molecule has 0 aliphatic rings. The molecule has 1 heterocycles. The summed E-state index contributed by atoms with van der Waals surface area (Å²) in [5, 5.41) is 12.9. The Morgan fingerprint density at radius 1 is 1.59 bits per heavy atom. The molecule has 0 fully saturated rings. The summed E-state index contributed by atoms with van der Waals surface area (Å²) in [6.07, 6.45) is 1.90. The highest BCUT2D eigenvalue weighted by Gasteiger charge is 2.08. The van der Waals surface area contributed by atoms with Crippen molar-refractivity contribution in [3.63, 3.8) is 0 Å². The summed E-state index contributed by atoms with van der Waals surface area (Å²) in [6, 6.07) is 0.311. The molecule has 0 spiro atoms. The van der Waals surface area contributed by atoms with Gasteiger partial charge >= 0.3 is 0 Å². The lowest BCUT2D eigenvalue weighted by molar-refractivity contribution is 0.0999. The molecule has 17 heavy (non-hydrogen) atoms. The zero-order chi connectivity index (χ0) is 12.5. The van der Waals surface area contributed by atoms with Crippen LogP contribution in [-0.2, 0) is 4.74 Å². The van der Waals surface area contributed by atoms with Gasteiger partial charge in [-0.05, 0) is 13.3 Å². The number of hydrogen-bond donors (Lipinski definition) is 2. The van der Waals surface area contributed by atoms with Gasteiger partial charge in [-0.15, -0.1) is 4.37 Å². The van der Waals surface area contributed by atoms with Crippen molar-refractivity contribution in [1.82, 2.24) is 14.1 Å². The molecule has 0 radical (unpaired) electrons. The van der Waals surface area contributed by atoms with Crippen LogP contribution < -0.4 is 10.1 Å². The van der Waals surface area contributed by atoms with Gasteiger partial charge < -0.3 is 19.9 Å². The summed E-state index contributed by atoms with van der Waals surface area (Å²) in [4.78, 5) is 0. The van der Waals surface area contributed by atoms with Crippen LogP contribution in [0.4, 0.5) is 0 Å². The Morgan fingerprint density at radius 2 is 2.41 bits per heavy atom. The van der Waals surface area contributed by atoms with Gasteiger partial charge in [0, 0.05) is 26.3 Å². The highest BCUT2D eigenvalue weighted by atomic mass is 32.1. The maximum absolute atomic E-state index is 9.66. The summed E-state index contributed by atoms with van der Waals surface area (Å²) in [5.74, 6) is 0.460. The Bertz CT molecular complexity index is 284. The molecular formula is C10H19N3O3S. The number of rotatable bonds is 9. The van der Waals surface area contributed by atoms with Crippen molar-refractivity contribution in [2.75, 3.05) is 26.9 Å². The van der Waals surface area contributed by atoms with Gasteiger partial charge in [-0.1, -0.05) is 0 Å². The van der Waals surface area contributed by atoms with Crippen LogP contribution in [0.2, 0.25) is 0 Å². The number of nitrogens with one attached hydrogen (secondary N) is 1. The second kappa shape index (κ2) is 8.35. The molecule has 6 nitrogen and oxygen atoms in total. The molecule has 2 unspecified atom stereocenters. The number of aliphatic hydroxyl groups excluding tert-OH is 1. The van der Waals surface area contributed by atoms with Gasteiger partial charge in [0.25, 0.3) is 0 Å². The Balaban J connectivity index is 2.06. The van der Waals surface area contributed by atoms with E-state index < -0.39 is 6.10 Å². The first kappa shape index (κ1) is 14.3. The number of hydrogen-bond acceptors (Lipinski definition) is 7. The average molecular weight is 261 g/mol. The van der Waals surface area contributed by atoms with Gasteiger partial charge in [0.2, 0.25) is 5.88 Å². The van der Waals surface area contributed by atoms with Crippen LogP contribution in [0.25, 0.3) is 0 Å². The lowest BCUT2D eigenvalue weighted by Crippen LogP contribution is -2.37. The third kappa shape index (κ3) is 6.52. The van der Waals surface area contributed by atoms with Crippen LogP contribution >= 0.6 is 11.7 Å². The maximum Gasteiger partial charge on any atom is 0.245 e. The minimum absolute atomic E-state index is 0.218. The van der Waals surface area contributed by atoms with Gasteiger partial charge in [0.05, 0.1) is 11.7 Å². The van der Waals surface area contributed by atoms with Gasteiger partial charge in [-0.2, -0.15) is 4.37 Å². The molecule has 98 valence electrons. The number of nitrogens with zero attached hydrogens (tertiary/aromatic N) is 2. The first-order valence-electron chi connectivity index (χ1n) is 5.53. The molecule has 0 aliphatic carbocycles. The zero-order valence-corrected chi connectivity index (χ0v) is 10.9. The summed E-state index contributed by atoms with van der Waals surface area (Å²) in [5.41, 5.74) is 0. The van der Waals surface area contributed by atoms with E-state index in [0.29, 0.717) is 25.1 Å². The van der Waals surface area contributed by atoms with Gasteiger partial charge in [-0.25, -0.2) is 0 Å². The molecule has 1 rings (SSSR count). The summed E-state index contributed by atoms with van der Waals surface area (Å²) < 4.78 is 17.9. The molecular weight excluding hydrogens is 242 g/mol. The summed E-state index contributed by atoms with van der Waals surface area (Å²) >= 11 is 1.08. The lowest BCUT2D eigenvalue weighted by atomic mass is 10.2. The molecule has 0 saturated heterocycles. The fourth-order valence-electron chi connectivity index (χ4n) is 1.19. The Labute approximate surface area is 105 Å². The van der Waals surface area contributed by atoms with Crippen molar-refractivity contribution in [1.29, 1.82) is 0 Å². The molecule has 2 N–H and O–H groups in total. The molecule has 0 aliphatic heterocycles. The molecule has 1 aromatic heterocycles. The third-order valence-corrected chi connectivity index (χ3v) is 2.68. The molecule has 0 aromatic carbocycles. The van der Waals surface area contributed by atoms with Crippen molar-refractivity contribution in [2.45, 2.75) is 25.5 Å². The highest BCUT2D eigenvalue weighted by Crippen LogP contribution is 2.05. The van der Waals surface area contributed by atoms with E-state index >= 15 is 0 Å². The van der Waals surface area contributed by atoms with Crippen LogP contribution in [0.15, 0.2) is 6.20 Å². The minimum atomic E-state index is -0.554. The topological polar surface area (TPSA) is 76.5 Å². The summed E-state index contributed by atoms with van der Waals surface area (Å²) in [6.45, 7) is 3.47. The van der Waals surface area contributed by atoms with Crippen molar-refractivity contribution in [2.24, 2.45) is 0 Å². The predicted octanol–water partition coefficient (Wildman–Crippen LogP) is 0.292. The van der Waals surface area contributed by atoms with Crippen LogP contribution in [0.5, 0.6) is 5.88 Å². The van der Waals surface area contributed by atoms with E-state index in [0.717, 1.165) is 18.1 Å². The van der Waals surface area contributed by atoms with Crippen molar-refractivity contribution < 1.29 is 14.6 Å². The first-order valence-corrected chi connectivity index (χ1v) is 6.26. The third-order valence-electron chi connectivity index (χ3n) is 2.22. The maximum atomic E-state index is 9.66. The smallest absolute Gasteiger partial charge is 0.245 e. The molecule has 7 heteroatoms. The quantitative estimate of drug-likeness (QED) is 0.665. The van der Waals surface area contributed by atoms with Crippen LogP contribution in [-0.4, -0.2) is 52.9 Å². The first-order chi connectivity index (χ1) is 8.22. The number of aromatic nitrogens is 2. The SMILES string of the molecule is COCCC(C)NCC(O)COc1cnsn1. The predicted molar refractivity (Wildman–Crippen MR) is 65.4 cm³/mol. The average Bonchev–Trinajstić information content (AvgIpc) is 2.84. The highest BCUT2D eigenvalue weighted by molar-refractivity contribution is 6.99. The standard InChI is InChI=1S/C10H19N3O3S/c1-8(3-4-15-2)11-5-9(14)7-16-10-6-12-17-13-10/h6,8-9,11,14H,3-5,7H2,1-2H3. The normalized spacial score (nSPS) is 14.5. The number of methoxy groups -OCH3 is 1. The molecule has 0 saturated carbocycles. The Morgan fingerprint density at radius 3 is 3.06 bits per heavy atom. The molecule has 0 amide bonds. The fourth-order valence-corrected chi connectivity index (χ4v) is 1.56. The van der Waals surface area contributed by atoms with E-state index in [1.165, 1.54) is 6.20 Å². The van der Waals surface area contributed by atoms with Crippen LogP contribution in [0.3, 0.4) is 0 Å². The number of ether oxygens (including phenoxy) is 2. The van der Waals surface area contributed by atoms with E-state index in [4.69, 9.17) is 9.47 Å². The Kier molecular flexibility index (Phi) is 7.02. The fraction of sp³-hybridized carbons (Fsp3) is 0.800. The molecule has 0 bridgehead atoms. The van der Waals surface area contributed by atoms with Crippen LogP contribution in [0.1, 0.15) is 13.3 Å². The van der Waals surface area contributed by atoms with Gasteiger partial charge in [0.1, 0.15) is 18.9 Å². The van der Waals surface area contributed by atoms with E-state index in [-0.39, 0.29) is 6.61 Å². The van der Waals surface area contributed by atoms with E-state index in [1.807, 2.05) is 0 Å². The molecule has 1 aromatic rings. The van der Waals surface area contributed by atoms with Crippen molar-refractivity contribution >= 4 is 11.7 Å². The largest absolute Gasteiger partial charge is 0.473 e.